The first kappa shape index (κ1) is 13.1. The summed E-state index contributed by atoms with van der Waals surface area (Å²) in [6.45, 7) is 0.469. The molecule has 18 heavy (non-hydrogen) atoms. The average molecular weight is 250 g/mol. The zero-order valence-electron chi connectivity index (χ0n) is 10.7. The minimum absolute atomic E-state index is 0.0600. The van der Waals surface area contributed by atoms with E-state index in [1.54, 1.807) is 12.5 Å². The summed E-state index contributed by atoms with van der Waals surface area (Å²) in [7, 11) is 0. The standard InChI is InChI=1S/C13H22N4O/c14-12(6-10-4-2-1-3-5-10)13(18)16-8-11-7-15-9-17-11/h7,9-10,12H,1-6,8,14H2,(H,15,17)(H,16,18). The molecule has 4 N–H and O–H groups in total. The van der Waals surface area contributed by atoms with E-state index in [1.807, 2.05) is 0 Å². The van der Waals surface area contributed by atoms with Crippen LogP contribution < -0.4 is 11.1 Å². The van der Waals surface area contributed by atoms with E-state index in [0.717, 1.165) is 12.1 Å². The number of imidazole rings is 1. The van der Waals surface area contributed by atoms with Crippen LogP contribution in [0.1, 0.15) is 44.2 Å². The summed E-state index contributed by atoms with van der Waals surface area (Å²) in [5.74, 6) is 0.571. The van der Waals surface area contributed by atoms with Gasteiger partial charge in [0, 0.05) is 6.20 Å². The molecule has 5 heteroatoms. The maximum atomic E-state index is 11.8. The molecule has 1 aliphatic rings. The molecule has 0 aromatic carbocycles. The molecule has 0 bridgehead atoms. The van der Waals surface area contributed by atoms with Crippen LogP contribution in [0.3, 0.4) is 0 Å². The van der Waals surface area contributed by atoms with E-state index < -0.39 is 0 Å². The van der Waals surface area contributed by atoms with E-state index in [1.165, 1.54) is 32.1 Å². The van der Waals surface area contributed by atoms with Gasteiger partial charge in [-0.1, -0.05) is 32.1 Å². The average Bonchev–Trinajstić information content (AvgIpc) is 2.90. The minimum Gasteiger partial charge on any atom is -0.349 e. The summed E-state index contributed by atoms with van der Waals surface area (Å²) in [6, 6.07) is -0.379. The molecule has 1 heterocycles. The number of hydrogen-bond acceptors (Lipinski definition) is 3. The molecule has 1 aromatic heterocycles. The van der Waals surface area contributed by atoms with Gasteiger partial charge in [-0.25, -0.2) is 4.98 Å². The molecule has 1 aliphatic carbocycles. The highest BCUT2D eigenvalue weighted by Gasteiger charge is 2.20. The lowest BCUT2D eigenvalue weighted by Crippen LogP contribution is -2.41. The molecule has 2 rings (SSSR count). The Morgan fingerprint density at radius 3 is 2.94 bits per heavy atom. The fourth-order valence-electron chi connectivity index (χ4n) is 2.58. The van der Waals surface area contributed by atoms with E-state index in [9.17, 15) is 4.79 Å². The predicted octanol–water partition coefficient (Wildman–Crippen LogP) is 1.32. The highest BCUT2D eigenvalue weighted by atomic mass is 16.2. The molecular weight excluding hydrogens is 228 g/mol. The lowest BCUT2D eigenvalue weighted by atomic mass is 9.85. The second-order valence-corrected chi connectivity index (χ2v) is 5.14. The Balaban J connectivity index is 1.70. The van der Waals surface area contributed by atoms with Crippen molar-refractivity contribution in [3.8, 4) is 0 Å². The van der Waals surface area contributed by atoms with Crippen molar-refractivity contribution in [2.24, 2.45) is 11.7 Å². The van der Waals surface area contributed by atoms with Gasteiger partial charge in [-0.2, -0.15) is 0 Å². The molecule has 0 radical (unpaired) electrons. The van der Waals surface area contributed by atoms with Crippen molar-refractivity contribution < 1.29 is 4.79 Å². The van der Waals surface area contributed by atoms with Crippen molar-refractivity contribution in [2.45, 2.75) is 51.1 Å². The van der Waals surface area contributed by atoms with Gasteiger partial charge in [0.25, 0.3) is 0 Å². The number of nitrogens with one attached hydrogen (secondary N) is 2. The Hall–Kier alpha value is -1.36. The molecule has 1 fully saturated rings. The van der Waals surface area contributed by atoms with Crippen LogP contribution in [0.4, 0.5) is 0 Å². The SMILES string of the molecule is NC(CC1CCCCC1)C(=O)NCc1cnc[nH]1. The number of nitrogens with zero attached hydrogens (tertiary/aromatic N) is 1. The zero-order valence-corrected chi connectivity index (χ0v) is 10.7. The molecule has 1 atom stereocenters. The largest absolute Gasteiger partial charge is 0.349 e. The van der Waals surface area contributed by atoms with Gasteiger partial charge < -0.3 is 16.0 Å². The summed E-state index contributed by atoms with van der Waals surface area (Å²) in [4.78, 5) is 18.7. The number of rotatable bonds is 5. The van der Waals surface area contributed by atoms with Gasteiger partial charge >= 0.3 is 0 Å². The Bertz CT molecular complexity index is 357. The minimum atomic E-state index is -0.379. The van der Waals surface area contributed by atoms with Crippen LogP contribution >= 0.6 is 0 Å². The van der Waals surface area contributed by atoms with Gasteiger partial charge in [0.15, 0.2) is 0 Å². The first-order chi connectivity index (χ1) is 8.75. The van der Waals surface area contributed by atoms with E-state index >= 15 is 0 Å². The van der Waals surface area contributed by atoms with Crippen LogP contribution in [-0.4, -0.2) is 21.9 Å². The molecule has 0 aliphatic heterocycles. The number of nitrogens with two attached hydrogens (primary N) is 1. The summed E-state index contributed by atoms with van der Waals surface area (Å²) in [5, 5.41) is 2.84. The maximum absolute atomic E-state index is 11.8. The number of amides is 1. The third-order valence-corrected chi connectivity index (χ3v) is 3.66. The first-order valence-corrected chi connectivity index (χ1v) is 6.76. The van der Waals surface area contributed by atoms with Gasteiger partial charge in [-0.05, 0) is 12.3 Å². The molecule has 0 spiro atoms. The van der Waals surface area contributed by atoms with E-state index in [2.05, 4.69) is 15.3 Å². The normalized spacial score (nSPS) is 18.5. The molecule has 100 valence electrons. The molecular formula is C13H22N4O. The lowest BCUT2D eigenvalue weighted by molar-refractivity contribution is -0.123. The lowest BCUT2D eigenvalue weighted by Gasteiger charge is -2.24. The topological polar surface area (TPSA) is 83.8 Å². The second kappa shape index (κ2) is 6.54. The van der Waals surface area contributed by atoms with Crippen LogP contribution in [0.5, 0.6) is 0 Å². The highest BCUT2D eigenvalue weighted by Crippen LogP contribution is 2.26. The summed E-state index contributed by atoms with van der Waals surface area (Å²) < 4.78 is 0. The van der Waals surface area contributed by atoms with Crippen LogP contribution in [0, 0.1) is 5.92 Å². The fourth-order valence-corrected chi connectivity index (χ4v) is 2.58. The number of aromatic nitrogens is 2. The van der Waals surface area contributed by atoms with Gasteiger partial charge in [-0.15, -0.1) is 0 Å². The van der Waals surface area contributed by atoms with Gasteiger partial charge in [-0.3, -0.25) is 4.79 Å². The van der Waals surface area contributed by atoms with Crippen molar-refractivity contribution >= 4 is 5.91 Å². The Kier molecular flexibility index (Phi) is 4.75. The Morgan fingerprint density at radius 1 is 1.50 bits per heavy atom. The summed E-state index contributed by atoms with van der Waals surface area (Å²) in [6.07, 6.45) is 10.5. The third kappa shape index (κ3) is 3.84. The predicted molar refractivity (Wildman–Crippen MR) is 69.6 cm³/mol. The van der Waals surface area contributed by atoms with Crippen molar-refractivity contribution in [3.63, 3.8) is 0 Å². The quantitative estimate of drug-likeness (QED) is 0.737. The van der Waals surface area contributed by atoms with Crippen molar-refractivity contribution in [3.05, 3.63) is 18.2 Å². The number of hydrogen-bond donors (Lipinski definition) is 3. The number of aromatic amines is 1. The zero-order chi connectivity index (χ0) is 12.8. The molecule has 0 saturated heterocycles. The van der Waals surface area contributed by atoms with Crippen LogP contribution in [0.25, 0.3) is 0 Å². The van der Waals surface area contributed by atoms with E-state index in [-0.39, 0.29) is 11.9 Å². The molecule has 1 unspecified atom stereocenters. The smallest absolute Gasteiger partial charge is 0.237 e. The molecule has 1 amide bonds. The molecule has 1 saturated carbocycles. The number of carbonyl (C=O) groups is 1. The fraction of sp³-hybridized carbons (Fsp3) is 0.692. The van der Waals surface area contributed by atoms with Crippen LogP contribution in [0.2, 0.25) is 0 Å². The second-order valence-electron chi connectivity index (χ2n) is 5.14. The van der Waals surface area contributed by atoms with E-state index in [0.29, 0.717) is 12.5 Å². The Labute approximate surface area is 108 Å². The monoisotopic (exact) mass is 250 g/mol. The summed E-state index contributed by atoms with van der Waals surface area (Å²) >= 11 is 0. The van der Waals surface area contributed by atoms with Gasteiger partial charge in [0.05, 0.1) is 24.6 Å². The van der Waals surface area contributed by atoms with Gasteiger partial charge in [0.2, 0.25) is 5.91 Å². The van der Waals surface area contributed by atoms with Crippen LogP contribution in [0.15, 0.2) is 12.5 Å². The summed E-state index contributed by atoms with van der Waals surface area (Å²) in [5.41, 5.74) is 6.85. The van der Waals surface area contributed by atoms with E-state index in [4.69, 9.17) is 5.73 Å². The number of H-pyrrole nitrogens is 1. The van der Waals surface area contributed by atoms with Crippen molar-refractivity contribution in [2.75, 3.05) is 0 Å². The Morgan fingerprint density at radius 2 is 2.28 bits per heavy atom. The first-order valence-electron chi connectivity index (χ1n) is 6.76. The van der Waals surface area contributed by atoms with Crippen molar-refractivity contribution in [1.82, 2.24) is 15.3 Å². The van der Waals surface area contributed by atoms with Gasteiger partial charge in [0.1, 0.15) is 0 Å². The molecule has 1 aromatic rings. The maximum Gasteiger partial charge on any atom is 0.237 e. The third-order valence-electron chi connectivity index (χ3n) is 3.66. The van der Waals surface area contributed by atoms with Crippen LogP contribution in [-0.2, 0) is 11.3 Å². The highest BCUT2D eigenvalue weighted by molar-refractivity contribution is 5.81. The van der Waals surface area contributed by atoms with Crippen molar-refractivity contribution in [1.29, 1.82) is 0 Å². The number of carbonyl (C=O) groups excluding carboxylic acids is 1. The molecule has 5 nitrogen and oxygen atoms in total.